The van der Waals surface area contributed by atoms with Gasteiger partial charge >= 0.3 is 15.8 Å². The number of fused-ring (bicyclic) bond motifs is 10. The number of alkyl halides is 2. The van der Waals surface area contributed by atoms with Crippen LogP contribution in [0.2, 0.25) is 0 Å². The van der Waals surface area contributed by atoms with Crippen molar-refractivity contribution in [2.45, 2.75) is 131 Å². The number of hydrogen-bond donors (Lipinski definition) is 0. The minimum absolute atomic E-state index is 0.0265. The number of carbonyl (C=O) groups excluding carboxylic acids is 1. The van der Waals surface area contributed by atoms with Gasteiger partial charge in [-0.3, -0.25) is 4.79 Å². The average Bonchev–Trinajstić information content (AvgIpc) is 4.03. The van der Waals surface area contributed by atoms with E-state index >= 15 is 0 Å². The van der Waals surface area contributed by atoms with Crippen molar-refractivity contribution in [3.8, 4) is 11.5 Å². The molecule has 1 atom stereocenters. The number of nitrogens with zero attached hydrogens (tertiary/aromatic N) is 4. The third kappa shape index (κ3) is 8.84. The molecule has 6 heterocycles. The topological polar surface area (TPSA) is 153 Å². The van der Waals surface area contributed by atoms with E-state index in [-0.39, 0.29) is 61.6 Å². The van der Waals surface area contributed by atoms with Crippen LogP contribution in [0.15, 0.2) is 75.2 Å². The lowest BCUT2D eigenvalue weighted by molar-refractivity contribution is -0.131. The van der Waals surface area contributed by atoms with Crippen molar-refractivity contribution >= 4 is 37.4 Å². The van der Waals surface area contributed by atoms with E-state index in [1.54, 1.807) is 13.2 Å². The Bertz CT molecular complexity index is 2400. The SMILES string of the molecule is CC1(S(=O)(=O)/N=C2CCCN3CCOc4cc(C5CC(=N\S(=O)(=O)C(F)F)/C6=C/OC7CCC(CC7)c7ccccc7OCC(=O)N6C5)ccc4C4CCC(CC4)O\C=C\23)CC1. The summed E-state index contributed by atoms with van der Waals surface area (Å²) in [6.07, 6.45) is 11.4. The van der Waals surface area contributed by atoms with Crippen LogP contribution < -0.4 is 9.47 Å². The van der Waals surface area contributed by atoms with Gasteiger partial charge in [0, 0.05) is 25.4 Å². The van der Waals surface area contributed by atoms with Gasteiger partial charge in [-0.1, -0.05) is 30.3 Å². The number of hydrogen-bond acceptors (Lipinski definition) is 10. The van der Waals surface area contributed by atoms with E-state index in [0.29, 0.717) is 68.1 Å². The Morgan fingerprint density at radius 2 is 1.42 bits per heavy atom. The molecule has 0 aromatic heterocycles. The minimum atomic E-state index is -5.25. The van der Waals surface area contributed by atoms with Crippen molar-refractivity contribution in [2.24, 2.45) is 8.80 Å². The van der Waals surface area contributed by atoms with Crippen molar-refractivity contribution < 1.29 is 49.4 Å². The second-order valence-electron chi connectivity index (χ2n) is 18.0. The molecule has 3 saturated carbocycles. The zero-order chi connectivity index (χ0) is 43.2. The first-order valence-corrected chi connectivity index (χ1v) is 24.9. The average molecular weight is 897 g/mol. The van der Waals surface area contributed by atoms with Crippen LogP contribution in [0.5, 0.6) is 11.5 Å². The monoisotopic (exact) mass is 896 g/mol. The van der Waals surface area contributed by atoms with E-state index in [4.69, 9.17) is 18.9 Å². The number of carbonyl (C=O) groups is 1. The Labute approximate surface area is 362 Å². The summed E-state index contributed by atoms with van der Waals surface area (Å²) < 4.78 is 113. The van der Waals surface area contributed by atoms with Gasteiger partial charge in [-0.25, -0.2) is 8.42 Å². The van der Waals surface area contributed by atoms with E-state index in [1.807, 2.05) is 42.5 Å². The molecule has 17 heteroatoms. The molecule has 2 aromatic carbocycles. The fourth-order valence-corrected chi connectivity index (χ4v) is 11.7. The maximum absolute atomic E-state index is 14.3. The molecule has 334 valence electrons. The van der Waals surface area contributed by atoms with E-state index < -0.39 is 42.4 Å². The van der Waals surface area contributed by atoms with Crippen LogP contribution in [0.4, 0.5) is 8.78 Å². The Hall–Kier alpha value is -4.51. The smallest absolute Gasteiger partial charge is 0.357 e. The third-order valence-electron chi connectivity index (χ3n) is 13.8. The van der Waals surface area contributed by atoms with Gasteiger partial charge < -0.3 is 28.7 Å². The molecular formula is C45H54F2N4O9S2. The molecule has 4 bridgehead atoms. The molecule has 1 unspecified atom stereocenters. The van der Waals surface area contributed by atoms with Crippen LogP contribution in [-0.4, -0.2) is 99.5 Å². The summed E-state index contributed by atoms with van der Waals surface area (Å²) in [6, 6.07) is 13.5. The second-order valence-corrected chi connectivity index (χ2v) is 21.7. The van der Waals surface area contributed by atoms with Crippen molar-refractivity contribution in [3.05, 3.63) is 83.1 Å². The number of sulfonamides is 2. The van der Waals surface area contributed by atoms with Crippen molar-refractivity contribution in [2.75, 3.05) is 32.8 Å². The quantitative estimate of drug-likeness (QED) is 0.292. The number of rotatable bonds is 5. The van der Waals surface area contributed by atoms with E-state index in [9.17, 15) is 30.4 Å². The molecule has 5 fully saturated rings. The predicted molar refractivity (Wildman–Crippen MR) is 228 cm³/mol. The van der Waals surface area contributed by atoms with Crippen LogP contribution in [0.1, 0.15) is 125 Å². The predicted octanol–water partition coefficient (Wildman–Crippen LogP) is 7.67. The highest BCUT2D eigenvalue weighted by molar-refractivity contribution is 7.92. The van der Waals surface area contributed by atoms with Crippen molar-refractivity contribution in [3.63, 3.8) is 0 Å². The van der Waals surface area contributed by atoms with Crippen LogP contribution >= 0.6 is 0 Å². The number of amides is 1. The summed E-state index contributed by atoms with van der Waals surface area (Å²) >= 11 is 0. The van der Waals surface area contributed by atoms with Gasteiger partial charge in [0.1, 0.15) is 36.3 Å². The highest BCUT2D eigenvalue weighted by atomic mass is 32.2. The molecule has 0 N–H and O–H groups in total. The van der Waals surface area contributed by atoms with Crippen LogP contribution in [0.3, 0.4) is 0 Å². The van der Waals surface area contributed by atoms with Gasteiger partial charge in [-0.15, -0.1) is 0 Å². The van der Waals surface area contributed by atoms with Crippen molar-refractivity contribution in [1.82, 2.24) is 9.80 Å². The summed E-state index contributed by atoms with van der Waals surface area (Å²) in [5.74, 6) is -3.20. The van der Waals surface area contributed by atoms with Gasteiger partial charge in [-0.2, -0.15) is 26.0 Å². The first kappa shape index (κ1) is 42.8. The molecule has 0 spiro atoms. The molecular weight excluding hydrogens is 843 g/mol. The fourth-order valence-electron chi connectivity index (χ4n) is 9.81. The summed E-state index contributed by atoms with van der Waals surface area (Å²) in [5, 5.41) is 0. The summed E-state index contributed by atoms with van der Waals surface area (Å²) in [6.45, 7) is 2.79. The van der Waals surface area contributed by atoms with Gasteiger partial charge in [0.2, 0.25) is 0 Å². The molecule has 0 radical (unpaired) electrons. The number of halogens is 2. The van der Waals surface area contributed by atoms with Gasteiger partial charge in [0.25, 0.3) is 15.9 Å². The molecule has 62 heavy (non-hydrogen) atoms. The molecule has 2 aromatic rings. The lowest BCUT2D eigenvalue weighted by Crippen LogP contribution is -2.44. The Kier molecular flexibility index (Phi) is 11.9. The first-order valence-electron chi connectivity index (χ1n) is 22.0. The highest BCUT2D eigenvalue weighted by Gasteiger charge is 2.50. The first-order chi connectivity index (χ1) is 29.8. The summed E-state index contributed by atoms with van der Waals surface area (Å²) in [7, 11) is -8.95. The maximum atomic E-state index is 14.3. The van der Waals surface area contributed by atoms with Crippen molar-refractivity contribution in [1.29, 1.82) is 0 Å². The number of benzene rings is 2. The van der Waals surface area contributed by atoms with Gasteiger partial charge in [0.15, 0.2) is 6.61 Å². The Morgan fingerprint density at radius 1 is 0.758 bits per heavy atom. The molecule has 13 nitrogen and oxygen atoms in total. The number of piperidine rings is 2. The molecule has 2 saturated heterocycles. The van der Waals surface area contributed by atoms with E-state index in [1.165, 1.54) is 11.2 Å². The number of allylic oxidation sites excluding steroid dienone is 2. The van der Waals surface area contributed by atoms with Crippen LogP contribution in [0.25, 0.3) is 0 Å². The number of ether oxygens (including phenoxy) is 4. The fraction of sp³-hybridized carbons (Fsp3) is 0.578. The minimum Gasteiger partial charge on any atom is -0.496 e. The maximum Gasteiger partial charge on any atom is 0.357 e. The molecule has 1 amide bonds. The summed E-state index contributed by atoms with van der Waals surface area (Å²) in [4.78, 5) is 17.7. The highest BCUT2D eigenvalue weighted by Crippen LogP contribution is 2.45. The lowest BCUT2D eigenvalue weighted by Gasteiger charge is -2.36. The lowest BCUT2D eigenvalue weighted by atomic mass is 9.80. The molecule has 9 aliphatic rings. The molecule has 6 aliphatic heterocycles. The molecule has 3 aliphatic carbocycles. The zero-order valence-electron chi connectivity index (χ0n) is 34.9. The van der Waals surface area contributed by atoms with Gasteiger partial charge in [0.05, 0.1) is 40.6 Å². The largest absolute Gasteiger partial charge is 0.496 e. The second kappa shape index (κ2) is 17.2. The zero-order valence-corrected chi connectivity index (χ0v) is 36.6. The number of para-hydroxylation sites is 1. The van der Waals surface area contributed by atoms with E-state index in [2.05, 4.69) is 13.7 Å². The van der Waals surface area contributed by atoms with Crippen LogP contribution in [-0.2, 0) is 34.3 Å². The van der Waals surface area contributed by atoms with Gasteiger partial charge in [-0.05, 0) is 125 Å². The Balaban J connectivity index is 1.04. The molecule has 11 rings (SSSR count). The standard InChI is InChI=1S/C45H54F2N4O9S2/c1-45(18-19-45)62(55,56)49-37-6-4-20-50-21-22-57-42-24-31(12-17-36(42)30-10-15-33(16-11-30)58-26-39(37)50)32-23-38(48-61(53,54)44(46)47)40-27-59-34-13-8-29(9-14-34)35-5-2-3-7-41(35)60-28-43(52)51(40)25-32/h2-3,5,7,12,17,24,26-27,29-30,32-34,44H,4,6,8-11,13-16,18-23,25,28H2,1H3/b39-26-,40-27-,48-38+,49-37+. The van der Waals surface area contributed by atoms with E-state index in [0.717, 1.165) is 61.6 Å². The normalized spacial score (nSPS) is 30.8. The summed E-state index contributed by atoms with van der Waals surface area (Å²) in [5.41, 5.74) is 3.76. The van der Waals surface area contributed by atoms with Crippen LogP contribution in [0, 0.1) is 0 Å². The Morgan fingerprint density at radius 3 is 2.10 bits per heavy atom. The third-order valence-corrected chi connectivity index (χ3v) is 16.9.